The number of amides is 3. The predicted octanol–water partition coefficient (Wildman–Crippen LogP) is 1.91. The first kappa shape index (κ1) is 26.3. The van der Waals surface area contributed by atoms with Crippen LogP contribution in [0.15, 0.2) is 0 Å². The SMILES string of the molecule is CC(C)(C)[C@H](NCC(F)(F)F)C(=O)N[C@@H](CC1CC1)C(=O)N[C@H](C#N)C[C@@H]1CC2(CC2)NC1=O. The molecule has 1 saturated heterocycles. The standard InChI is InChI=1S/C23H34F3N5O3/c1-21(2,3)17(28-12-23(24,25)26)20(34)30-16(8-13-4-5-13)19(33)29-15(11-27)9-14-10-22(6-7-22)31-18(14)32/h13-17,28H,4-10,12H2,1-3H3,(H,29,33)(H,30,34)(H,31,32)/t14-,15+,16+,17-/m1/s1. The fourth-order valence-electron chi connectivity index (χ4n) is 4.53. The monoisotopic (exact) mass is 485 g/mol. The van der Waals surface area contributed by atoms with Gasteiger partial charge in [-0.2, -0.15) is 18.4 Å². The summed E-state index contributed by atoms with van der Waals surface area (Å²) >= 11 is 0. The quantitative estimate of drug-likeness (QED) is 0.376. The second-order valence-electron chi connectivity index (χ2n) is 11.1. The largest absolute Gasteiger partial charge is 0.401 e. The zero-order valence-corrected chi connectivity index (χ0v) is 19.8. The first-order chi connectivity index (χ1) is 15.7. The van der Waals surface area contributed by atoms with Gasteiger partial charge in [-0.25, -0.2) is 0 Å². The van der Waals surface area contributed by atoms with Crippen LogP contribution in [-0.2, 0) is 14.4 Å². The number of nitrogens with one attached hydrogen (secondary N) is 4. The van der Waals surface area contributed by atoms with E-state index in [2.05, 4.69) is 21.3 Å². The highest BCUT2D eigenvalue weighted by Crippen LogP contribution is 2.46. The molecule has 0 aromatic rings. The molecule has 1 spiro atoms. The average Bonchev–Trinajstić information content (AvgIpc) is 3.61. The zero-order valence-electron chi connectivity index (χ0n) is 19.8. The Morgan fingerprint density at radius 2 is 1.79 bits per heavy atom. The van der Waals surface area contributed by atoms with Crippen LogP contribution < -0.4 is 21.3 Å². The van der Waals surface area contributed by atoms with Crippen LogP contribution in [-0.4, -0.2) is 54.1 Å². The van der Waals surface area contributed by atoms with Crippen LogP contribution >= 0.6 is 0 Å². The summed E-state index contributed by atoms with van der Waals surface area (Å²) in [7, 11) is 0. The van der Waals surface area contributed by atoms with E-state index in [0.717, 1.165) is 25.7 Å². The number of halogens is 3. The maximum absolute atomic E-state index is 13.0. The Balaban J connectivity index is 1.62. The Kier molecular flexibility index (Phi) is 7.51. The molecule has 3 fully saturated rings. The van der Waals surface area contributed by atoms with Crippen LogP contribution in [0.5, 0.6) is 0 Å². The van der Waals surface area contributed by atoms with E-state index in [4.69, 9.17) is 0 Å². The van der Waals surface area contributed by atoms with Crippen molar-refractivity contribution in [3.8, 4) is 6.07 Å². The Labute approximate surface area is 197 Å². The first-order valence-electron chi connectivity index (χ1n) is 11.8. The number of nitrogens with zero attached hydrogens (tertiary/aromatic N) is 1. The highest BCUT2D eigenvalue weighted by atomic mass is 19.4. The van der Waals surface area contributed by atoms with Crippen molar-refractivity contribution >= 4 is 17.7 Å². The maximum atomic E-state index is 13.0. The van der Waals surface area contributed by atoms with Gasteiger partial charge >= 0.3 is 6.18 Å². The van der Waals surface area contributed by atoms with Crippen molar-refractivity contribution in [1.29, 1.82) is 5.26 Å². The predicted molar refractivity (Wildman–Crippen MR) is 117 cm³/mol. The minimum atomic E-state index is -4.49. The van der Waals surface area contributed by atoms with Crippen molar-refractivity contribution in [1.82, 2.24) is 21.3 Å². The summed E-state index contributed by atoms with van der Waals surface area (Å²) in [6, 6.07) is -1.02. The number of hydrogen-bond acceptors (Lipinski definition) is 5. The van der Waals surface area contributed by atoms with Gasteiger partial charge in [-0.05, 0) is 43.4 Å². The molecule has 3 aliphatic rings. The molecule has 0 aromatic heterocycles. The average molecular weight is 486 g/mol. The number of hydrogen-bond donors (Lipinski definition) is 4. The Morgan fingerprint density at radius 3 is 2.26 bits per heavy atom. The van der Waals surface area contributed by atoms with E-state index in [-0.39, 0.29) is 29.7 Å². The van der Waals surface area contributed by atoms with Crippen LogP contribution in [0, 0.1) is 28.6 Å². The van der Waals surface area contributed by atoms with Gasteiger partial charge in [-0.15, -0.1) is 0 Å². The maximum Gasteiger partial charge on any atom is 0.401 e. The third-order valence-corrected chi connectivity index (χ3v) is 6.78. The molecule has 3 amide bonds. The Bertz CT molecular complexity index is 840. The fourth-order valence-corrected chi connectivity index (χ4v) is 4.53. The number of nitriles is 1. The number of carbonyl (C=O) groups excluding carboxylic acids is 3. The molecule has 0 unspecified atom stereocenters. The van der Waals surface area contributed by atoms with E-state index in [1.54, 1.807) is 20.8 Å². The highest BCUT2D eigenvalue weighted by molar-refractivity contribution is 5.90. The number of carbonyl (C=O) groups is 3. The molecule has 8 nitrogen and oxygen atoms in total. The van der Waals surface area contributed by atoms with E-state index in [9.17, 15) is 32.8 Å². The van der Waals surface area contributed by atoms with Crippen LogP contribution in [0.4, 0.5) is 13.2 Å². The second-order valence-corrected chi connectivity index (χ2v) is 11.1. The molecule has 0 aromatic carbocycles. The van der Waals surface area contributed by atoms with Gasteiger partial charge in [0.25, 0.3) is 0 Å². The lowest BCUT2D eigenvalue weighted by Gasteiger charge is -2.32. The second kappa shape index (κ2) is 9.72. The molecule has 4 atom stereocenters. The summed E-state index contributed by atoms with van der Waals surface area (Å²) < 4.78 is 38.3. The van der Waals surface area contributed by atoms with Gasteiger partial charge < -0.3 is 16.0 Å². The molecule has 34 heavy (non-hydrogen) atoms. The summed E-state index contributed by atoms with van der Waals surface area (Å²) in [4.78, 5) is 38.2. The van der Waals surface area contributed by atoms with E-state index in [1.807, 2.05) is 6.07 Å². The van der Waals surface area contributed by atoms with Crippen LogP contribution in [0.25, 0.3) is 0 Å². The van der Waals surface area contributed by atoms with Gasteiger partial charge in [-0.3, -0.25) is 19.7 Å². The number of alkyl halides is 3. The molecular formula is C23H34F3N5O3. The molecule has 0 bridgehead atoms. The summed E-state index contributed by atoms with van der Waals surface area (Å²) in [6.07, 6.45) is 0.329. The van der Waals surface area contributed by atoms with E-state index in [1.165, 1.54) is 0 Å². The van der Waals surface area contributed by atoms with Gasteiger partial charge in [0.2, 0.25) is 17.7 Å². The Hall–Kier alpha value is -2.35. The lowest BCUT2D eigenvalue weighted by Crippen LogP contribution is -2.58. The molecule has 1 aliphatic heterocycles. The van der Waals surface area contributed by atoms with Crippen molar-refractivity contribution in [2.75, 3.05) is 6.54 Å². The third-order valence-electron chi connectivity index (χ3n) is 6.78. The van der Waals surface area contributed by atoms with Gasteiger partial charge in [0.15, 0.2) is 0 Å². The summed E-state index contributed by atoms with van der Waals surface area (Å²) in [5.41, 5.74) is -0.973. The first-order valence-corrected chi connectivity index (χ1v) is 11.8. The van der Waals surface area contributed by atoms with Gasteiger partial charge in [0.1, 0.15) is 12.1 Å². The molecule has 0 radical (unpaired) electrons. The minimum absolute atomic E-state index is 0.112. The summed E-state index contributed by atoms with van der Waals surface area (Å²) in [6.45, 7) is 3.59. The topological polar surface area (TPSA) is 123 Å². The fraction of sp³-hybridized carbons (Fsp3) is 0.826. The molecule has 1 heterocycles. The van der Waals surface area contributed by atoms with Crippen LogP contribution in [0.2, 0.25) is 0 Å². The van der Waals surface area contributed by atoms with Crippen LogP contribution in [0.1, 0.15) is 65.7 Å². The van der Waals surface area contributed by atoms with Gasteiger partial charge in [0, 0.05) is 11.5 Å². The van der Waals surface area contributed by atoms with Crippen molar-refractivity contribution in [2.24, 2.45) is 17.3 Å². The summed E-state index contributed by atoms with van der Waals surface area (Å²) in [5.74, 6) is -1.49. The molecule has 4 N–H and O–H groups in total. The smallest absolute Gasteiger partial charge is 0.350 e. The normalized spacial score (nSPS) is 24.0. The number of rotatable bonds is 10. The molecular weight excluding hydrogens is 451 g/mol. The Morgan fingerprint density at radius 1 is 1.15 bits per heavy atom. The van der Waals surface area contributed by atoms with E-state index >= 15 is 0 Å². The van der Waals surface area contributed by atoms with Crippen molar-refractivity contribution < 1.29 is 27.6 Å². The third kappa shape index (κ3) is 7.32. The van der Waals surface area contributed by atoms with Gasteiger partial charge in [-0.1, -0.05) is 33.6 Å². The summed E-state index contributed by atoms with van der Waals surface area (Å²) in [5, 5.41) is 20.1. The van der Waals surface area contributed by atoms with Crippen molar-refractivity contribution in [3.05, 3.63) is 0 Å². The molecule has 2 saturated carbocycles. The van der Waals surface area contributed by atoms with E-state index in [0.29, 0.717) is 12.8 Å². The van der Waals surface area contributed by atoms with Crippen molar-refractivity contribution in [2.45, 2.75) is 95.6 Å². The van der Waals surface area contributed by atoms with Crippen LogP contribution in [0.3, 0.4) is 0 Å². The molecule has 190 valence electrons. The molecule has 2 aliphatic carbocycles. The zero-order chi connectivity index (χ0) is 25.3. The minimum Gasteiger partial charge on any atom is -0.350 e. The van der Waals surface area contributed by atoms with Crippen molar-refractivity contribution in [3.63, 3.8) is 0 Å². The molecule has 3 rings (SSSR count). The lowest BCUT2D eigenvalue weighted by atomic mass is 9.85. The highest BCUT2D eigenvalue weighted by Gasteiger charge is 2.52. The van der Waals surface area contributed by atoms with E-state index < -0.39 is 48.1 Å². The van der Waals surface area contributed by atoms with Gasteiger partial charge in [0.05, 0.1) is 18.7 Å². The lowest BCUT2D eigenvalue weighted by molar-refractivity contribution is -0.137. The molecule has 11 heteroatoms.